The summed E-state index contributed by atoms with van der Waals surface area (Å²) in [6, 6.07) is 9.61. The fourth-order valence-corrected chi connectivity index (χ4v) is 5.60. The van der Waals surface area contributed by atoms with Crippen molar-refractivity contribution in [3.63, 3.8) is 0 Å². The maximum absolute atomic E-state index is 13.6. The number of alkyl halides is 3. The molecule has 1 fully saturated rings. The number of pyridine rings is 1. The van der Waals surface area contributed by atoms with E-state index >= 15 is 0 Å². The van der Waals surface area contributed by atoms with E-state index < -0.39 is 11.9 Å². The Morgan fingerprint density at radius 2 is 2.00 bits per heavy atom. The van der Waals surface area contributed by atoms with Crippen LogP contribution in [-0.4, -0.2) is 50.5 Å². The van der Waals surface area contributed by atoms with Crippen LogP contribution < -0.4 is 15.8 Å². The molecule has 3 N–H and O–H groups in total. The molecule has 1 saturated heterocycles. The Morgan fingerprint density at radius 1 is 1.15 bits per heavy atom. The lowest BCUT2D eigenvalue weighted by Crippen LogP contribution is -2.45. The highest BCUT2D eigenvalue weighted by Gasteiger charge is 2.33. The van der Waals surface area contributed by atoms with Crippen molar-refractivity contribution in [1.82, 2.24) is 24.8 Å². The lowest BCUT2D eigenvalue weighted by Gasteiger charge is -2.37. The van der Waals surface area contributed by atoms with Gasteiger partial charge in [0, 0.05) is 30.8 Å². The molecule has 12 heteroatoms. The summed E-state index contributed by atoms with van der Waals surface area (Å²) in [6.45, 7) is 6.75. The summed E-state index contributed by atoms with van der Waals surface area (Å²) in [5, 5.41) is 3.63. The molecule has 1 atom stereocenters. The Hall–Kier alpha value is -3.51. The zero-order chi connectivity index (χ0) is 27.6. The van der Waals surface area contributed by atoms with Gasteiger partial charge >= 0.3 is 6.18 Å². The fourth-order valence-electron chi connectivity index (χ4n) is 4.85. The van der Waals surface area contributed by atoms with E-state index in [1.165, 1.54) is 23.7 Å². The normalized spacial score (nSPS) is 16.6. The number of halogens is 3. The molecular formula is C27H30F3N7OS. The fraction of sp³-hybridized carbons (Fsp3) is 0.407. The van der Waals surface area contributed by atoms with E-state index in [0.717, 1.165) is 43.1 Å². The van der Waals surface area contributed by atoms with Crippen LogP contribution in [0, 0.1) is 5.92 Å². The van der Waals surface area contributed by atoms with Crippen LogP contribution in [0.3, 0.4) is 0 Å². The standard InChI is InChI=1S/C27H30F3N7OS/c1-16(2)14-37-11-4-3-6-17(37)13-32-25-18(9-10-22(35-25)27(28,29)30)19-12-23(34-15-33-19)38-20-7-5-8-21-24(20)36-26(31)39-21/h5,7-10,12,15-17H,3-4,6,11,13-14H2,1-2H3,(H2,31,36)(H,32,35)/t17-/m1/s1. The number of para-hydroxylation sites is 1. The van der Waals surface area contributed by atoms with Gasteiger partial charge in [-0.05, 0) is 49.6 Å². The minimum atomic E-state index is -4.57. The summed E-state index contributed by atoms with van der Waals surface area (Å²) in [5.41, 5.74) is 6.32. The molecule has 0 aliphatic carbocycles. The molecule has 0 bridgehead atoms. The van der Waals surface area contributed by atoms with E-state index in [-0.39, 0.29) is 17.7 Å². The van der Waals surface area contributed by atoms with Gasteiger partial charge in [-0.2, -0.15) is 13.2 Å². The highest BCUT2D eigenvalue weighted by Crippen LogP contribution is 2.36. The number of piperidine rings is 1. The third-order valence-corrected chi connectivity index (χ3v) is 7.42. The summed E-state index contributed by atoms with van der Waals surface area (Å²) in [5.74, 6) is 1.31. The van der Waals surface area contributed by atoms with Gasteiger partial charge in [-0.1, -0.05) is 37.7 Å². The number of benzene rings is 1. The number of nitrogens with zero attached hydrogens (tertiary/aromatic N) is 5. The zero-order valence-electron chi connectivity index (χ0n) is 21.7. The third kappa shape index (κ3) is 6.39. The molecule has 8 nitrogen and oxygen atoms in total. The first-order valence-electron chi connectivity index (χ1n) is 12.9. The molecule has 206 valence electrons. The van der Waals surface area contributed by atoms with Crippen molar-refractivity contribution in [2.45, 2.75) is 45.3 Å². The average molecular weight is 558 g/mol. The van der Waals surface area contributed by atoms with Gasteiger partial charge in [0.25, 0.3) is 0 Å². The third-order valence-electron chi connectivity index (χ3n) is 6.57. The number of likely N-dealkylation sites (tertiary alicyclic amines) is 1. The first kappa shape index (κ1) is 27.1. The topological polar surface area (TPSA) is 102 Å². The Morgan fingerprint density at radius 3 is 2.79 bits per heavy atom. The molecule has 0 saturated carbocycles. The molecule has 0 spiro atoms. The largest absolute Gasteiger partial charge is 0.437 e. The van der Waals surface area contributed by atoms with Crippen molar-refractivity contribution in [2.24, 2.45) is 5.92 Å². The number of hydrogen-bond donors (Lipinski definition) is 2. The molecule has 0 amide bonds. The Balaban J connectivity index is 1.44. The predicted octanol–water partition coefficient (Wildman–Crippen LogP) is 6.46. The SMILES string of the molecule is CC(C)CN1CCCC[C@@H]1CNc1nc(C(F)(F)F)ccc1-c1cc(Oc2cccc3sc(N)nc23)ncn1. The maximum atomic E-state index is 13.6. The van der Waals surface area contributed by atoms with Gasteiger partial charge in [-0.3, -0.25) is 4.90 Å². The van der Waals surface area contributed by atoms with E-state index in [2.05, 4.69) is 44.0 Å². The summed E-state index contributed by atoms with van der Waals surface area (Å²) in [4.78, 5) is 19.2. The molecule has 4 aromatic rings. The molecule has 39 heavy (non-hydrogen) atoms. The van der Waals surface area contributed by atoms with Crippen molar-refractivity contribution in [3.8, 4) is 22.9 Å². The molecule has 1 aliphatic rings. The van der Waals surface area contributed by atoms with Crippen LogP contribution in [0.2, 0.25) is 0 Å². The van der Waals surface area contributed by atoms with Crippen molar-refractivity contribution < 1.29 is 17.9 Å². The van der Waals surface area contributed by atoms with E-state index in [9.17, 15) is 13.2 Å². The molecule has 5 rings (SSSR count). The number of aromatic nitrogens is 4. The van der Waals surface area contributed by atoms with Crippen LogP contribution in [0.15, 0.2) is 42.7 Å². The van der Waals surface area contributed by atoms with Crippen molar-refractivity contribution in [3.05, 3.63) is 48.4 Å². The molecule has 0 unspecified atom stereocenters. The maximum Gasteiger partial charge on any atom is 0.433 e. The molecule has 0 radical (unpaired) electrons. The number of anilines is 2. The highest BCUT2D eigenvalue weighted by atomic mass is 32.1. The monoisotopic (exact) mass is 557 g/mol. The summed E-state index contributed by atoms with van der Waals surface area (Å²) >= 11 is 1.34. The van der Waals surface area contributed by atoms with Gasteiger partial charge in [0.05, 0.1) is 10.4 Å². The van der Waals surface area contributed by atoms with Crippen LogP contribution in [0.25, 0.3) is 21.5 Å². The number of thiazole rings is 1. The molecule has 1 aromatic carbocycles. The first-order chi connectivity index (χ1) is 18.7. The zero-order valence-corrected chi connectivity index (χ0v) is 22.5. The van der Waals surface area contributed by atoms with Crippen LogP contribution in [0.4, 0.5) is 24.1 Å². The molecule has 3 aromatic heterocycles. The van der Waals surface area contributed by atoms with Gasteiger partial charge in [0.2, 0.25) is 5.88 Å². The smallest absolute Gasteiger partial charge is 0.433 e. The highest BCUT2D eigenvalue weighted by molar-refractivity contribution is 7.22. The minimum absolute atomic E-state index is 0.124. The van der Waals surface area contributed by atoms with E-state index in [4.69, 9.17) is 10.5 Å². The van der Waals surface area contributed by atoms with E-state index in [0.29, 0.717) is 40.1 Å². The second kappa shape index (κ2) is 11.3. The minimum Gasteiger partial charge on any atom is -0.437 e. The van der Waals surface area contributed by atoms with Crippen molar-refractivity contribution >= 4 is 32.5 Å². The number of nitrogens with two attached hydrogens (primary N) is 1. The van der Waals surface area contributed by atoms with E-state index in [1.807, 2.05) is 12.1 Å². The summed E-state index contributed by atoms with van der Waals surface area (Å²) < 4.78 is 47.6. The Labute approximate surface area is 228 Å². The van der Waals surface area contributed by atoms with Crippen LogP contribution in [0.1, 0.15) is 38.8 Å². The number of nitrogens with one attached hydrogen (secondary N) is 1. The molecular weight excluding hydrogens is 527 g/mol. The van der Waals surface area contributed by atoms with Crippen LogP contribution in [0.5, 0.6) is 11.6 Å². The first-order valence-corrected chi connectivity index (χ1v) is 13.7. The van der Waals surface area contributed by atoms with Gasteiger partial charge < -0.3 is 15.8 Å². The quantitative estimate of drug-likeness (QED) is 0.254. The Bertz CT molecular complexity index is 1440. The second-order valence-electron chi connectivity index (χ2n) is 10.0. The van der Waals surface area contributed by atoms with Gasteiger partial charge in [0.1, 0.15) is 23.4 Å². The lowest BCUT2D eigenvalue weighted by atomic mass is 10.0. The predicted molar refractivity (Wildman–Crippen MR) is 147 cm³/mol. The number of fused-ring (bicyclic) bond motifs is 1. The van der Waals surface area contributed by atoms with Gasteiger partial charge in [0.15, 0.2) is 10.9 Å². The molecule has 4 heterocycles. The van der Waals surface area contributed by atoms with Crippen LogP contribution in [-0.2, 0) is 6.18 Å². The number of ether oxygens (including phenoxy) is 1. The van der Waals surface area contributed by atoms with Crippen molar-refractivity contribution in [2.75, 3.05) is 30.7 Å². The second-order valence-corrected chi connectivity index (χ2v) is 11.1. The number of rotatable bonds is 8. The van der Waals surface area contributed by atoms with Crippen molar-refractivity contribution in [1.29, 1.82) is 0 Å². The lowest BCUT2D eigenvalue weighted by molar-refractivity contribution is -0.141. The molecule has 1 aliphatic heterocycles. The average Bonchev–Trinajstić information content (AvgIpc) is 3.28. The number of hydrogen-bond acceptors (Lipinski definition) is 9. The summed E-state index contributed by atoms with van der Waals surface area (Å²) in [6.07, 6.45) is -0.0636. The van der Waals surface area contributed by atoms with Gasteiger partial charge in [-0.25, -0.2) is 19.9 Å². The Kier molecular flexibility index (Phi) is 7.85. The van der Waals surface area contributed by atoms with Gasteiger partial charge in [-0.15, -0.1) is 0 Å². The van der Waals surface area contributed by atoms with Crippen LogP contribution >= 0.6 is 11.3 Å². The van der Waals surface area contributed by atoms with E-state index in [1.54, 1.807) is 12.1 Å². The number of nitrogen functional groups attached to an aromatic ring is 1. The summed E-state index contributed by atoms with van der Waals surface area (Å²) in [7, 11) is 0.